The Kier molecular flexibility index (Phi) is 6.87. The Morgan fingerprint density at radius 3 is 2.55 bits per heavy atom. The first-order valence-corrected chi connectivity index (χ1v) is 10.4. The highest BCUT2D eigenvalue weighted by Gasteiger charge is 2.28. The second-order valence-electron chi connectivity index (χ2n) is 6.93. The van der Waals surface area contributed by atoms with Gasteiger partial charge in [0, 0.05) is 30.8 Å². The molecule has 1 aromatic heterocycles. The van der Waals surface area contributed by atoms with E-state index in [-0.39, 0.29) is 23.6 Å². The van der Waals surface area contributed by atoms with Gasteiger partial charge in [-0.15, -0.1) is 11.3 Å². The molecule has 154 valence electrons. The standard InChI is InChI=1S/C21H25N3O4S/c1-14(25)22-13-16-7-8-19(29-16)21(27)24-11-9-15(10-12-24)20(26)23-17-5-3-4-6-18(17)28-2/h3-8,15H,9-13H2,1-2H3,(H,22,25)(H,23,26). The highest BCUT2D eigenvalue weighted by atomic mass is 32.1. The molecule has 1 aliphatic rings. The lowest BCUT2D eigenvalue weighted by molar-refractivity contribution is -0.121. The third-order valence-corrected chi connectivity index (χ3v) is 5.98. The van der Waals surface area contributed by atoms with Gasteiger partial charge in [-0.25, -0.2) is 0 Å². The molecule has 1 aliphatic heterocycles. The van der Waals surface area contributed by atoms with Gasteiger partial charge in [0.15, 0.2) is 0 Å². The fraction of sp³-hybridized carbons (Fsp3) is 0.381. The highest BCUT2D eigenvalue weighted by Crippen LogP contribution is 2.27. The molecule has 0 bridgehead atoms. The molecule has 8 heteroatoms. The first-order valence-electron chi connectivity index (χ1n) is 9.54. The Labute approximate surface area is 174 Å². The Hall–Kier alpha value is -2.87. The van der Waals surface area contributed by atoms with E-state index in [1.165, 1.54) is 18.3 Å². The molecule has 7 nitrogen and oxygen atoms in total. The van der Waals surface area contributed by atoms with Crippen LogP contribution in [0.25, 0.3) is 0 Å². The molecule has 0 radical (unpaired) electrons. The lowest BCUT2D eigenvalue weighted by Crippen LogP contribution is -2.41. The number of anilines is 1. The van der Waals surface area contributed by atoms with E-state index in [2.05, 4.69) is 10.6 Å². The van der Waals surface area contributed by atoms with Gasteiger partial charge in [0.25, 0.3) is 5.91 Å². The number of hydrogen-bond donors (Lipinski definition) is 2. The number of likely N-dealkylation sites (tertiary alicyclic amines) is 1. The zero-order chi connectivity index (χ0) is 20.8. The molecule has 0 spiro atoms. The van der Waals surface area contributed by atoms with Crippen molar-refractivity contribution < 1.29 is 19.1 Å². The molecule has 1 saturated heterocycles. The zero-order valence-corrected chi connectivity index (χ0v) is 17.4. The molecule has 0 saturated carbocycles. The Morgan fingerprint density at radius 1 is 1.14 bits per heavy atom. The summed E-state index contributed by atoms with van der Waals surface area (Å²) in [6.07, 6.45) is 1.24. The van der Waals surface area contributed by atoms with Gasteiger partial charge < -0.3 is 20.3 Å². The second-order valence-corrected chi connectivity index (χ2v) is 8.10. The van der Waals surface area contributed by atoms with E-state index in [9.17, 15) is 14.4 Å². The van der Waals surface area contributed by atoms with Crippen LogP contribution in [0.4, 0.5) is 5.69 Å². The number of para-hydroxylation sites is 2. The van der Waals surface area contributed by atoms with Crippen LogP contribution >= 0.6 is 11.3 Å². The van der Waals surface area contributed by atoms with Crippen molar-refractivity contribution in [1.29, 1.82) is 0 Å². The molecule has 0 atom stereocenters. The number of thiophene rings is 1. The minimum absolute atomic E-state index is 0.0207. The molecule has 0 unspecified atom stereocenters. The van der Waals surface area contributed by atoms with E-state index in [1.807, 2.05) is 24.3 Å². The Bertz CT molecular complexity index is 888. The van der Waals surface area contributed by atoms with E-state index >= 15 is 0 Å². The number of nitrogens with zero attached hydrogens (tertiary/aromatic N) is 1. The van der Waals surface area contributed by atoms with Crippen molar-refractivity contribution in [3.63, 3.8) is 0 Å². The van der Waals surface area contributed by atoms with E-state index in [4.69, 9.17) is 4.74 Å². The van der Waals surface area contributed by atoms with E-state index in [0.29, 0.717) is 48.8 Å². The maximum absolute atomic E-state index is 12.7. The van der Waals surface area contributed by atoms with Crippen LogP contribution in [0.1, 0.15) is 34.3 Å². The van der Waals surface area contributed by atoms with Gasteiger partial charge in [0.1, 0.15) is 5.75 Å². The highest BCUT2D eigenvalue weighted by molar-refractivity contribution is 7.14. The number of carbonyl (C=O) groups is 3. The van der Waals surface area contributed by atoms with Crippen molar-refractivity contribution in [3.05, 3.63) is 46.2 Å². The first-order chi connectivity index (χ1) is 14.0. The quantitative estimate of drug-likeness (QED) is 0.759. The molecule has 3 amide bonds. The van der Waals surface area contributed by atoms with Crippen LogP contribution in [0, 0.1) is 5.92 Å². The fourth-order valence-corrected chi connectivity index (χ4v) is 4.20. The van der Waals surface area contributed by atoms with Gasteiger partial charge in [0.2, 0.25) is 11.8 Å². The van der Waals surface area contributed by atoms with Crippen LogP contribution in [-0.2, 0) is 16.1 Å². The number of benzene rings is 1. The topological polar surface area (TPSA) is 87.7 Å². The average Bonchev–Trinajstić information content (AvgIpc) is 3.21. The SMILES string of the molecule is COc1ccccc1NC(=O)C1CCN(C(=O)c2ccc(CNC(C)=O)s2)CC1. The number of nitrogens with one attached hydrogen (secondary N) is 2. The summed E-state index contributed by atoms with van der Waals surface area (Å²) >= 11 is 1.39. The number of ether oxygens (including phenoxy) is 1. The summed E-state index contributed by atoms with van der Waals surface area (Å²) in [6.45, 7) is 2.98. The van der Waals surface area contributed by atoms with Crippen molar-refractivity contribution in [2.45, 2.75) is 26.3 Å². The van der Waals surface area contributed by atoms with Gasteiger partial charge in [-0.05, 0) is 37.1 Å². The molecule has 2 aromatic rings. The number of carbonyl (C=O) groups excluding carboxylic acids is 3. The van der Waals surface area contributed by atoms with Gasteiger partial charge in [-0.1, -0.05) is 12.1 Å². The summed E-state index contributed by atoms with van der Waals surface area (Å²) in [4.78, 5) is 39.8. The Balaban J connectivity index is 1.52. The van der Waals surface area contributed by atoms with Crippen LogP contribution in [0.15, 0.2) is 36.4 Å². The lowest BCUT2D eigenvalue weighted by atomic mass is 9.95. The predicted molar refractivity (Wildman–Crippen MR) is 112 cm³/mol. The lowest BCUT2D eigenvalue weighted by Gasteiger charge is -2.31. The maximum Gasteiger partial charge on any atom is 0.263 e. The Morgan fingerprint density at radius 2 is 1.86 bits per heavy atom. The molecule has 3 rings (SSSR count). The summed E-state index contributed by atoms with van der Waals surface area (Å²) in [5.41, 5.74) is 0.656. The third kappa shape index (κ3) is 5.35. The van der Waals surface area contributed by atoms with Crippen molar-refractivity contribution >= 4 is 34.7 Å². The summed E-state index contributed by atoms with van der Waals surface area (Å²) in [7, 11) is 1.57. The monoisotopic (exact) mass is 415 g/mol. The van der Waals surface area contributed by atoms with Crippen molar-refractivity contribution in [2.24, 2.45) is 5.92 Å². The number of amides is 3. The van der Waals surface area contributed by atoms with Crippen LogP contribution in [0.3, 0.4) is 0 Å². The van der Waals surface area contributed by atoms with Crippen LogP contribution in [0.5, 0.6) is 5.75 Å². The van der Waals surface area contributed by atoms with Crippen LogP contribution in [0.2, 0.25) is 0 Å². The van der Waals surface area contributed by atoms with E-state index < -0.39 is 0 Å². The van der Waals surface area contributed by atoms with E-state index in [1.54, 1.807) is 24.1 Å². The zero-order valence-electron chi connectivity index (χ0n) is 16.6. The van der Waals surface area contributed by atoms with Gasteiger partial charge in [-0.2, -0.15) is 0 Å². The molecule has 2 heterocycles. The molecule has 0 aliphatic carbocycles. The predicted octanol–water partition coefficient (Wildman–Crippen LogP) is 2.88. The van der Waals surface area contributed by atoms with Crippen molar-refractivity contribution in [2.75, 3.05) is 25.5 Å². The molecule has 1 aromatic carbocycles. The summed E-state index contributed by atoms with van der Waals surface area (Å²) in [5.74, 6) is 0.326. The smallest absolute Gasteiger partial charge is 0.263 e. The van der Waals surface area contributed by atoms with Crippen LogP contribution in [-0.4, -0.2) is 42.8 Å². The van der Waals surface area contributed by atoms with Gasteiger partial charge >= 0.3 is 0 Å². The second kappa shape index (κ2) is 9.56. The van der Waals surface area contributed by atoms with Crippen molar-refractivity contribution in [1.82, 2.24) is 10.2 Å². The number of rotatable bonds is 6. The van der Waals surface area contributed by atoms with Crippen LogP contribution < -0.4 is 15.4 Å². The van der Waals surface area contributed by atoms with Gasteiger partial charge in [-0.3, -0.25) is 14.4 Å². The fourth-order valence-electron chi connectivity index (χ4n) is 3.28. The largest absolute Gasteiger partial charge is 0.495 e. The molecule has 29 heavy (non-hydrogen) atoms. The number of methoxy groups -OCH3 is 1. The third-order valence-electron chi connectivity index (χ3n) is 4.90. The maximum atomic E-state index is 12.7. The molecular weight excluding hydrogens is 390 g/mol. The van der Waals surface area contributed by atoms with E-state index in [0.717, 1.165) is 4.88 Å². The minimum atomic E-state index is -0.136. The number of hydrogen-bond acceptors (Lipinski definition) is 5. The minimum Gasteiger partial charge on any atom is -0.495 e. The van der Waals surface area contributed by atoms with Gasteiger partial charge in [0.05, 0.1) is 24.2 Å². The molecule has 2 N–H and O–H groups in total. The number of piperidine rings is 1. The summed E-state index contributed by atoms with van der Waals surface area (Å²) < 4.78 is 5.27. The summed E-state index contributed by atoms with van der Waals surface area (Å²) in [5, 5.41) is 5.67. The normalized spacial score (nSPS) is 14.3. The summed E-state index contributed by atoms with van der Waals surface area (Å²) in [6, 6.07) is 11.0. The van der Waals surface area contributed by atoms with Crippen molar-refractivity contribution in [3.8, 4) is 5.75 Å². The first kappa shape index (κ1) is 20.9. The molecular formula is C21H25N3O4S. The average molecular weight is 416 g/mol. The molecule has 1 fully saturated rings.